The molecule has 1 atom stereocenters. The molecule has 0 saturated heterocycles. The Balaban J connectivity index is 2.40. The summed E-state index contributed by atoms with van der Waals surface area (Å²) in [4.78, 5) is 16.3. The van der Waals surface area contributed by atoms with Crippen LogP contribution in [0.3, 0.4) is 0 Å². The van der Waals surface area contributed by atoms with Crippen LogP contribution >= 0.6 is 0 Å². The van der Waals surface area contributed by atoms with Gasteiger partial charge in [0.1, 0.15) is 0 Å². The highest BCUT2D eigenvalue weighted by atomic mass is 16.1. The number of carbonyl (C=O) groups is 1. The van der Waals surface area contributed by atoms with Crippen molar-refractivity contribution in [3.63, 3.8) is 0 Å². The van der Waals surface area contributed by atoms with Gasteiger partial charge in [0.2, 0.25) is 0 Å². The Morgan fingerprint density at radius 2 is 1.91 bits per heavy atom. The predicted octanol–water partition coefficient (Wildman–Crippen LogP) is 5.40. The fourth-order valence-electron chi connectivity index (χ4n) is 2.54. The maximum Gasteiger partial charge on any atom is 0.187 e. The second-order valence-electron chi connectivity index (χ2n) is 5.46. The summed E-state index contributed by atoms with van der Waals surface area (Å²) < 4.78 is 0. The molecule has 2 aromatic rings. The van der Waals surface area contributed by atoms with Gasteiger partial charge < -0.3 is 0 Å². The summed E-state index contributed by atoms with van der Waals surface area (Å²) in [6, 6.07) is 13.3. The molecule has 0 aromatic heterocycles. The number of nitrogens with zero attached hydrogens (tertiary/aromatic N) is 1. The lowest BCUT2D eigenvalue weighted by atomic mass is 9.86. The Labute approximate surface area is 131 Å². The molecule has 0 spiro atoms. The first-order chi connectivity index (χ1) is 10.6. The molecular weight excluding hydrogens is 270 g/mol. The van der Waals surface area contributed by atoms with Crippen LogP contribution in [0.15, 0.2) is 55.1 Å². The number of hydrogen-bond donors (Lipinski definition) is 0. The van der Waals surface area contributed by atoms with Crippen LogP contribution in [0.4, 0.5) is 5.69 Å². The molecule has 22 heavy (non-hydrogen) atoms. The number of rotatable bonds is 5. The fourth-order valence-corrected chi connectivity index (χ4v) is 2.54. The molecule has 0 radical (unpaired) electrons. The van der Waals surface area contributed by atoms with Gasteiger partial charge >= 0.3 is 0 Å². The first-order valence-electron chi connectivity index (χ1n) is 7.26. The van der Waals surface area contributed by atoms with Crippen molar-refractivity contribution >= 4 is 11.5 Å². The Kier molecular flexibility index (Phi) is 4.91. The molecule has 2 heteroatoms. The number of Topliss-reactive ketones (excluding diaryl/α,β-unsaturated/α-hetero) is 1. The molecule has 0 aliphatic carbocycles. The van der Waals surface area contributed by atoms with Crippen LogP contribution in [0, 0.1) is 20.4 Å². The average Bonchev–Trinajstić information content (AvgIpc) is 2.53. The minimum atomic E-state index is -0.226. The standard InChI is InChI=1S/C20H19NO/c1-5-6-19(16-9-7-14(2)8-10-16)20(22)18-12-11-17(21-4)13-15(18)3/h5,7-13,19H,1,6H2,2-3H3. The van der Waals surface area contributed by atoms with E-state index < -0.39 is 0 Å². The van der Waals surface area contributed by atoms with Gasteiger partial charge in [0.05, 0.1) is 12.5 Å². The molecule has 0 bridgehead atoms. The van der Waals surface area contributed by atoms with E-state index in [1.54, 1.807) is 24.3 Å². The van der Waals surface area contributed by atoms with Crippen LogP contribution in [0.1, 0.15) is 39.4 Å². The van der Waals surface area contributed by atoms with Crippen molar-refractivity contribution in [2.75, 3.05) is 0 Å². The quantitative estimate of drug-likeness (QED) is 0.410. The maximum absolute atomic E-state index is 12.9. The third kappa shape index (κ3) is 3.32. The summed E-state index contributed by atoms with van der Waals surface area (Å²) in [6.07, 6.45) is 2.39. The largest absolute Gasteiger partial charge is 0.293 e. The van der Waals surface area contributed by atoms with E-state index in [4.69, 9.17) is 6.57 Å². The van der Waals surface area contributed by atoms with E-state index in [-0.39, 0.29) is 11.7 Å². The molecule has 0 saturated carbocycles. The Morgan fingerprint density at radius 1 is 1.23 bits per heavy atom. The molecule has 2 rings (SSSR count). The lowest BCUT2D eigenvalue weighted by molar-refractivity contribution is 0.0959. The van der Waals surface area contributed by atoms with Crippen molar-refractivity contribution in [2.24, 2.45) is 0 Å². The molecule has 2 aromatic carbocycles. The van der Waals surface area contributed by atoms with E-state index >= 15 is 0 Å². The second kappa shape index (κ2) is 6.87. The summed E-state index contributed by atoms with van der Waals surface area (Å²) in [5, 5.41) is 0. The van der Waals surface area contributed by atoms with Gasteiger partial charge in [-0.25, -0.2) is 4.85 Å². The van der Waals surface area contributed by atoms with Crippen molar-refractivity contribution in [3.8, 4) is 0 Å². The molecule has 2 nitrogen and oxygen atoms in total. The topological polar surface area (TPSA) is 21.4 Å². The molecule has 1 unspecified atom stereocenters. The van der Waals surface area contributed by atoms with Gasteiger partial charge in [0, 0.05) is 5.56 Å². The Hall–Kier alpha value is -2.66. The van der Waals surface area contributed by atoms with E-state index in [0.717, 1.165) is 11.1 Å². The Morgan fingerprint density at radius 3 is 2.45 bits per heavy atom. The number of benzene rings is 2. The number of ketones is 1. The van der Waals surface area contributed by atoms with E-state index in [1.165, 1.54) is 5.56 Å². The van der Waals surface area contributed by atoms with Crippen LogP contribution in [0.2, 0.25) is 0 Å². The smallest absolute Gasteiger partial charge is 0.187 e. The highest BCUT2D eigenvalue weighted by molar-refractivity contribution is 6.02. The van der Waals surface area contributed by atoms with E-state index in [2.05, 4.69) is 11.4 Å². The molecule has 0 N–H and O–H groups in total. The molecule has 0 heterocycles. The SMILES string of the molecule is [C-]#[N+]c1ccc(C(=O)C(CC=C)c2ccc(C)cc2)c(C)c1. The average molecular weight is 289 g/mol. The van der Waals surface area contributed by atoms with Gasteiger partial charge in [-0.05, 0) is 25.8 Å². The fraction of sp³-hybridized carbons (Fsp3) is 0.200. The van der Waals surface area contributed by atoms with Crippen LogP contribution in [0.25, 0.3) is 4.85 Å². The van der Waals surface area contributed by atoms with Crippen LogP contribution in [0.5, 0.6) is 0 Å². The van der Waals surface area contributed by atoms with Gasteiger partial charge in [0.25, 0.3) is 0 Å². The molecule has 110 valence electrons. The number of aryl methyl sites for hydroxylation is 2. The normalized spacial score (nSPS) is 11.5. The molecule has 0 fully saturated rings. The minimum absolute atomic E-state index is 0.0813. The number of allylic oxidation sites excluding steroid dienone is 1. The number of hydrogen-bond acceptors (Lipinski definition) is 1. The zero-order chi connectivity index (χ0) is 16.1. The van der Waals surface area contributed by atoms with E-state index in [1.807, 2.05) is 38.1 Å². The molecular formula is C20H19NO. The highest BCUT2D eigenvalue weighted by Crippen LogP contribution is 2.28. The molecule has 0 aliphatic heterocycles. The lowest BCUT2D eigenvalue weighted by Crippen LogP contribution is -2.13. The van der Waals surface area contributed by atoms with E-state index in [9.17, 15) is 4.79 Å². The summed E-state index contributed by atoms with van der Waals surface area (Å²) in [5.74, 6) is -0.145. The van der Waals surface area contributed by atoms with Crippen molar-refractivity contribution in [2.45, 2.75) is 26.2 Å². The van der Waals surface area contributed by atoms with Gasteiger partial charge in [-0.15, -0.1) is 6.58 Å². The zero-order valence-corrected chi connectivity index (χ0v) is 13.0. The second-order valence-corrected chi connectivity index (χ2v) is 5.46. The van der Waals surface area contributed by atoms with Gasteiger partial charge in [0.15, 0.2) is 11.5 Å². The van der Waals surface area contributed by atoms with Crippen molar-refractivity contribution in [1.82, 2.24) is 0 Å². The predicted molar refractivity (Wildman–Crippen MR) is 90.5 cm³/mol. The van der Waals surface area contributed by atoms with Gasteiger partial charge in [-0.1, -0.05) is 59.7 Å². The summed E-state index contributed by atoms with van der Waals surface area (Å²) >= 11 is 0. The van der Waals surface area contributed by atoms with Crippen LogP contribution in [-0.2, 0) is 0 Å². The minimum Gasteiger partial charge on any atom is -0.293 e. The van der Waals surface area contributed by atoms with Crippen molar-refractivity contribution in [1.29, 1.82) is 0 Å². The highest BCUT2D eigenvalue weighted by Gasteiger charge is 2.22. The van der Waals surface area contributed by atoms with Crippen molar-refractivity contribution in [3.05, 3.63) is 88.8 Å². The van der Waals surface area contributed by atoms with Crippen LogP contribution in [-0.4, -0.2) is 5.78 Å². The first kappa shape index (κ1) is 15.7. The first-order valence-corrected chi connectivity index (χ1v) is 7.26. The lowest BCUT2D eigenvalue weighted by Gasteiger charge is -2.16. The summed E-state index contributed by atoms with van der Waals surface area (Å²) in [6.45, 7) is 14.7. The zero-order valence-electron chi connectivity index (χ0n) is 13.0. The third-order valence-electron chi connectivity index (χ3n) is 3.80. The molecule has 0 aliphatic rings. The maximum atomic E-state index is 12.9. The Bertz CT molecular complexity index is 735. The molecule has 0 amide bonds. The third-order valence-corrected chi connectivity index (χ3v) is 3.80. The monoisotopic (exact) mass is 289 g/mol. The van der Waals surface area contributed by atoms with Crippen LogP contribution < -0.4 is 0 Å². The number of carbonyl (C=O) groups excluding carboxylic acids is 1. The summed E-state index contributed by atoms with van der Waals surface area (Å²) in [7, 11) is 0. The van der Waals surface area contributed by atoms with E-state index in [0.29, 0.717) is 17.7 Å². The van der Waals surface area contributed by atoms with Gasteiger partial charge in [-0.2, -0.15) is 0 Å². The summed E-state index contributed by atoms with van der Waals surface area (Å²) in [5.41, 5.74) is 4.26. The van der Waals surface area contributed by atoms with Crippen molar-refractivity contribution < 1.29 is 4.79 Å². The van der Waals surface area contributed by atoms with Gasteiger partial charge in [-0.3, -0.25) is 4.79 Å².